The quantitative estimate of drug-likeness (QED) is 0.766. The summed E-state index contributed by atoms with van der Waals surface area (Å²) in [6, 6.07) is 0. The van der Waals surface area contributed by atoms with Crippen LogP contribution >= 0.6 is 0 Å². The number of alkyl halides is 1. The van der Waals surface area contributed by atoms with E-state index < -0.39 is 11.7 Å². The Bertz CT molecular complexity index is 342. The lowest BCUT2D eigenvalue weighted by atomic mass is 9.72. The van der Waals surface area contributed by atoms with Crippen LogP contribution in [-0.2, 0) is 4.74 Å². The summed E-state index contributed by atoms with van der Waals surface area (Å²) in [6.07, 6.45) is 5.39. The van der Waals surface area contributed by atoms with Crippen LogP contribution in [0.5, 0.6) is 0 Å². The van der Waals surface area contributed by atoms with E-state index in [1.54, 1.807) is 12.2 Å². The number of nitrogens with two attached hydrogens (primary N) is 1. The molecule has 17 heavy (non-hydrogen) atoms. The van der Waals surface area contributed by atoms with E-state index in [0.717, 1.165) is 0 Å². The number of aliphatic hydroxyl groups is 1. The molecule has 1 aliphatic heterocycles. The predicted molar refractivity (Wildman–Crippen MR) is 64.3 cm³/mol. The molecule has 0 aromatic heterocycles. The molecule has 1 aliphatic carbocycles. The Kier molecular flexibility index (Phi) is 3.66. The third-order valence-corrected chi connectivity index (χ3v) is 3.80. The molecule has 2 aliphatic rings. The lowest BCUT2D eigenvalue weighted by Gasteiger charge is -2.45. The second-order valence-corrected chi connectivity index (χ2v) is 5.03. The van der Waals surface area contributed by atoms with E-state index in [2.05, 4.69) is 0 Å². The molecule has 0 spiro atoms. The standard InChI is InChI=1S/C13H20FNO2/c1-9-6-10(7-16)13(15,8-17-9)11-4-2-3-5-12(11)14/h2-4,9-10,12,16H,5-8,15H2,1H3/t9-,10?,12?,13-/m0/s1. The van der Waals surface area contributed by atoms with Crippen LogP contribution in [0.3, 0.4) is 0 Å². The second kappa shape index (κ2) is 4.88. The lowest BCUT2D eigenvalue weighted by Crippen LogP contribution is -2.59. The van der Waals surface area contributed by atoms with Crippen molar-refractivity contribution in [1.82, 2.24) is 0 Å². The molecule has 1 fully saturated rings. The third kappa shape index (κ3) is 2.30. The van der Waals surface area contributed by atoms with Gasteiger partial charge in [0.25, 0.3) is 0 Å². The molecule has 3 nitrogen and oxygen atoms in total. The Hall–Kier alpha value is -0.710. The van der Waals surface area contributed by atoms with Gasteiger partial charge in [-0.1, -0.05) is 18.2 Å². The molecule has 1 heterocycles. The van der Waals surface area contributed by atoms with Crippen molar-refractivity contribution < 1.29 is 14.2 Å². The average Bonchev–Trinajstić information content (AvgIpc) is 2.33. The molecule has 1 saturated heterocycles. The summed E-state index contributed by atoms with van der Waals surface area (Å²) in [5, 5.41) is 9.46. The van der Waals surface area contributed by atoms with Gasteiger partial charge in [0.05, 0.1) is 18.2 Å². The lowest BCUT2D eigenvalue weighted by molar-refractivity contribution is -0.0553. The van der Waals surface area contributed by atoms with E-state index in [9.17, 15) is 9.50 Å². The molecule has 0 saturated carbocycles. The van der Waals surface area contributed by atoms with E-state index in [4.69, 9.17) is 10.5 Å². The zero-order valence-corrected chi connectivity index (χ0v) is 10.1. The van der Waals surface area contributed by atoms with E-state index in [-0.39, 0.29) is 25.2 Å². The minimum absolute atomic E-state index is 0.0298. The smallest absolute Gasteiger partial charge is 0.127 e. The molecule has 0 radical (unpaired) electrons. The van der Waals surface area contributed by atoms with Crippen LogP contribution in [0.2, 0.25) is 0 Å². The first-order valence-corrected chi connectivity index (χ1v) is 6.10. The Balaban J connectivity index is 2.26. The molecule has 4 atom stereocenters. The van der Waals surface area contributed by atoms with Crippen LogP contribution in [0.25, 0.3) is 0 Å². The second-order valence-electron chi connectivity index (χ2n) is 5.03. The van der Waals surface area contributed by atoms with Gasteiger partial charge in [0.2, 0.25) is 0 Å². The van der Waals surface area contributed by atoms with Gasteiger partial charge >= 0.3 is 0 Å². The van der Waals surface area contributed by atoms with Gasteiger partial charge in [0.15, 0.2) is 0 Å². The summed E-state index contributed by atoms with van der Waals surface area (Å²) in [5.74, 6) is -0.137. The molecule has 0 amide bonds. The molecule has 2 rings (SSSR count). The maximum absolute atomic E-state index is 13.9. The maximum Gasteiger partial charge on any atom is 0.127 e. The molecule has 0 aromatic rings. The van der Waals surface area contributed by atoms with Crippen molar-refractivity contribution in [1.29, 1.82) is 0 Å². The van der Waals surface area contributed by atoms with Crippen LogP contribution in [0, 0.1) is 5.92 Å². The van der Waals surface area contributed by atoms with Crippen LogP contribution in [0.4, 0.5) is 4.39 Å². The monoisotopic (exact) mass is 241 g/mol. The highest BCUT2D eigenvalue weighted by Crippen LogP contribution is 2.37. The molecule has 4 heteroatoms. The highest BCUT2D eigenvalue weighted by atomic mass is 19.1. The molecule has 0 bridgehead atoms. The number of rotatable bonds is 2. The summed E-state index contributed by atoms with van der Waals surface area (Å²) >= 11 is 0. The van der Waals surface area contributed by atoms with Gasteiger partial charge < -0.3 is 15.6 Å². The van der Waals surface area contributed by atoms with Crippen molar-refractivity contribution in [3.8, 4) is 0 Å². The summed E-state index contributed by atoms with van der Waals surface area (Å²) in [4.78, 5) is 0. The molecule has 3 N–H and O–H groups in total. The van der Waals surface area contributed by atoms with Crippen LogP contribution in [0.1, 0.15) is 19.8 Å². The number of hydrogen-bond acceptors (Lipinski definition) is 3. The number of halogens is 1. The fourth-order valence-electron chi connectivity index (χ4n) is 2.68. The Morgan fingerprint density at radius 1 is 1.65 bits per heavy atom. The summed E-state index contributed by atoms with van der Waals surface area (Å²) in [7, 11) is 0. The van der Waals surface area contributed by atoms with Crippen molar-refractivity contribution >= 4 is 0 Å². The first kappa shape index (κ1) is 12.7. The van der Waals surface area contributed by atoms with E-state index in [0.29, 0.717) is 18.4 Å². The summed E-state index contributed by atoms with van der Waals surface area (Å²) < 4.78 is 19.5. The molecule has 0 aromatic carbocycles. The Morgan fingerprint density at radius 3 is 3.06 bits per heavy atom. The average molecular weight is 241 g/mol. The van der Waals surface area contributed by atoms with Gasteiger partial charge in [0.1, 0.15) is 6.17 Å². The fraction of sp³-hybridized carbons (Fsp3) is 0.692. The number of aliphatic hydroxyl groups excluding tert-OH is 1. The third-order valence-electron chi connectivity index (χ3n) is 3.80. The SMILES string of the molecule is C[C@H]1CC(CO)[C@](N)(C2=CC=CCC2F)CO1. The molecular weight excluding hydrogens is 221 g/mol. The van der Waals surface area contributed by atoms with E-state index >= 15 is 0 Å². The van der Waals surface area contributed by atoms with Crippen LogP contribution < -0.4 is 5.73 Å². The van der Waals surface area contributed by atoms with E-state index in [1.807, 2.05) is 13.0 Å². The summed E-state index contributed by atoms with van der Waals surface area (Å²) in [6.45, 7) is 2.20. The first-order chi connectivity index (χ1) is 8.08. The minimum atomic E-state index is -1.06. The molecule has 2 unspecified atom stereocenters. The molecular formula is C13H20FNO2. The normalized spacial score (nSPS) is 42.4. The fourth-order valence-corrected chi connectivity index (χ4v) is 2.68. The Labute approximate surface area is 101 Å². The topological polar surface area (TPSA) is 55.5 Å². The highest BCUT2D eigenvalue weighted by molar-refractivity contribution is 5.33. The van der Waals surface area contributed by atoms with Crippen molar-refractivity contribution in [2.75, 3.05) is 13.2 Å². The van der Waals surface area contributed by atoms with Gasteiger partial charge in [0, 0.05) is 18.9 Å². The molecule has 96 valence electrons. The van der Waals surface area contributed by atoms with Gasteiger partial charge in [-0.15, -0.1) is 0 Å². The van der Waals surface area contributed by atoms with E-state index in [1.165, 1.54) is 0 Å². The maximum atomic E-state index is 13.9. The zero-order valence-electron chi connectivity index (χ0n) is 10.1. The van der Waals surface area contributed by atoms with Crippen LogP contribution in [0.15, 0.2) is 23.8 Å². The van der Waals surface area contributed by atoms with Gasteiger partial charge in [-0.2, -0.15) is 0 Å². The first-order valence-electron chi connectivity index (χ1n) is 6.10. The van der Waals surface area contributed by atoms with Crippen molar-refractivity contribution in [2.45, 2.75) is 37.6 Å². The number of hydrogen-bond donors (Lipinski definition) is 2. The zero-order chi connectivity index (χ0) is 12.5. The van der Waals surface area contributed by atoms with Crippen molar-refractivity contribution in [3.05, 3.63) is 23.8 Å². The predicted octanol–water partition coefficient (Wildman–Crippen LogP) is 1.33. The number of ether oxygens (including phenoxy) is 1. The minimum Gasteiger partial charge on any atom is -0.396 e. The Morgan fingerprint density at radius 2 is 2.41 bits per heavy atom. The van der Waals surface area contributed by atoms with Gasteiger partial charge in [-0.25, -0.2) is 4.39 Å². The van der Waals surface area contributed by atoms with Gasteiger partial charge in [-0.05, 0) is 18.9 Å². The van der Waals surface area contributed by atoms with Crippen LogP contribution in [-0.4, -0.2) is 36.1 Å². The van der Waals surface area contributed by atoms with Crippen molar-refractivity contribution in [3.63, 3.8) is 0 Å². The largest absolute Gasteiger partial charge is 0.396 e. The summed E-state index contributed by atoms with van der Waals surface area (Å²) in [5.41, 5.74) is 6.01. The highest BCUT2D eigenvalue weighted by Gasteiger charge is 2.45. The van der Waals surface area contributed by atoms with Gasteiger partial charge in [-0.3, -0.25) is 0 Å². The van der Waals surface area contributed by atoms with Crippen molar-refractivity contribution in [2.24, 2.45) is 11.7 Å². The number of allylic oxidation sites excluding steroid dienone is 3.